The highest BCUT2D eigenvalue weighted by Crippen LogP contribution is 2.35. The van der Waals surface area contributed by atoms with Gasteiger partial charge in [-0.05, 0) is 67.1 Å². The van der Waals surface area contributed by atoms with E-state index in [0.29, 0.717) is 39.8 Å². The highest BCUT2D eigenvalue weighted by Gasteiger charge is 2.46. The van der Waals surface area contributed by atoms with Crippen LogP contribution in [0, 0.1) is 0 Å². The average Bonchev–Trinajstić information content (AvgIpc) is 3.61. The van der Waals surface area contributed by atoms with Gasteiger partial charge in [-0.25, -0.2) is 9.88 Å². The number of para-hydroxylation sites is 2. The zero-order valence-electron chi connectivity index (χ0n) is 23.9. The number of anilines is 1. The lowest BCUT2D eigenvalue weighted by Gasteiger charge is -2.34. The Hall–Kier alpha value is -5.44. The van der Waals surface area contributed by atoms with E-state index in [1.54, 1.807) is 42.5 Å². The first-order valence-electron chi connectivity index (χ1n) is 13.8. The van der Waals surface area contributed by atoms with Gasteiger partial charge in [0.05, 0.1) is 32.4 Å². The van der Waals surface area contributed by atoms with Crippen LogP contribution in [-0.2, 0) is 9.59 Å². The van der Waals surface area contributed by atoms with Crippen LogP contribution in [0.3, 0.4) is 0 Å². The molecule has 9 nitrogen and oxygen atoms in total. The van der Waals surface area contributed by atoms with E-state index in [1.165, 1.54) is 19.1 Å². The highest BCUT2D eigenvalue weighted by atomic mass is 16.5. The molecule has 0 aliphatic carbocycles. The predicted octanol–water partition coefficient (Wildman–Crippen LogP) is 6.05. The van der Waals surface area contributed by atoms with E-state index < -0.39 is 29.8 Å². The number of hydrogen-bond acceptors (Lipinski definition) is 7. The summed E-state index contributed by atoms with van der Waals surface area (Å²) in [6, 6.07) is 27.1. The molecule has 216 valence electrons. The standard InChI is InChI=1S/C34H29N3O6/c1-21(22-9-5-4-6-10-22)36(33(39)24-15-18-29(41-2)30(19-24)42-3)27-20-31(38)37(34(27)40)25-16-13-23(14-17-25)32-35-26-11-7-8-12-28(26)43-32/h4-19,21,27H,20H2,1-3H3. The molecule has 43 heavy (non-hydrogen) atoms. The Morgan fingerprint density at radius 3 is 2.30 bits per heavy atom. The summed E-state index contributed by atoms with van der Waals surface area (Å²) in [6.45, 7) is 1.85. The van der Waals surface area contributed by atoms with Crippen LogP contribution in [-0.4, -0.2) is 47.9 Å². The number of ether oxygens (including phenoxy) is 2. The number of amides is 3. The Labute approximate surface area is 248 Å². The maximum absolute atomic E-state index is 14.1. The van der Waals surface area contributed by atoms with Crippen molar-refractivity contribution in [3.63, 3.8) is 0 Å². The van der Waals surface area contributed by atoms with E-state index in [2.05, 4.69) is 4.98 Å². The van der Waals surface area contributed by atoms with E-state index >= 15 is 0 Å². The molecule has 5 aromatic rings. The molecule has 0 N–H and O–H groups in total. The molecule has 3 amide bonds. The number of aromatic nitrogens is 1. The molecule has 4 aromatic carbocycles. The fourth-order valence-electron chi connectivity index (χ4n) is 5.45. The molecule has 2 atom stereocenters. The van der Waals surface area contributed by atoms with E-state index in [9.17, 15) is 14.4 Å². The summed E-state index contributed by atoms with van der Waals surface area (Å²) in [4.78, 5) is 48.6. The third kappa shape index (κ3) is 5.10. The van der Waals surface area contributed by atoms with Gasteiger partial charge in [0.2, 0.25) is 11.8 Å². The van der Waals surface area contributed by atoms with E-state index in [1.807, 2.05) is 61.5 Å². The van der Waals surface area contributed by atoms with E-state index in [-0.39, 0.29) is 6.42 Å². The second-order valence-electron chi connectivity index (χ2n) is 10.2. The number of hydrogen-bond donors (Lipinski definition) is 0. The van der Waals surface area contributed by atoms with Gasteiger partial charge in [0.15, 0.2) is 17.1 Å². The van der Waals surface area contributed by atoms with Crippen molar-refractivity contribution >= 4 is 34.5 Å². The van der Waals surface area contributed by atoms with Crippen molar-refractivity contribution in [2.45, 2.75) is 25.4 Å². The summed E-state index contributed by atoms with van der Waals surface area (Å²) < 4.78 is 16.6. The second-order valence-corrected chi connectivity index (χ2v) is 10.2. The van der Waals surface area contributed by atoms with Crippen LogP contribution < -0.4 is 14.4 Å². The van der Waals surface area contributed by atoms with Gasteiger partial charge in [-0.3, -0.25) is 14.4 Å². The zero-order valence-corrected chi connectivity index (χ0v) is 23.9. The van der Waals surface area contributed by atoms with Gasteiger partial charge in [-0.15, -0.1) is 0 Å². The molecule has 1 saturated heterocycles. The minimum atomic E-state index is -1.01. The van der Waals surface area contributed by atoms with Crippen molar-refractivity contribution in [2.24, 2.45) is 0 Å². The van der Waals surface area contributed by atoms with Crippen LogP contribution in [0.25, 0.3) is 22.6 Å². The first kappa shape index (κ1) is 27.7. The number of carbonyl (C=O) groups excluding carboxylic acids is 3. The molecule has 0 bridgehead atoms. The van der Waals surface area contributed by atoms with Crippen molar-refractivity contribution in [3.8, 4) is 23.0 Å². The van der Waals surface area contributed by atoms with Gasteiger partial charge in [0, 0.05) is 11.1 Å². The third-order valence-corrected chi connectivity index (χ3v) is 7.69. The molecule has 2 unspecified atom stereocenters. The first-order valence-corrected chi connectivity index (χ1v) is 13.8. The van der Waals surface area contributed by atoms with E-state index in [4.69, 9.17) is 13.9 Å². The van der Waals surface area contributed by atoms with Gasteiger partial charge in [0.25, 0.3) is 11.8 Å². The molecule has 1 fully saturated rings. The van der Waals surface area contributed by atoms with Crippen molar-refractivity contribution in [1.29, 1.82) is 0 Å². The van der Waals surface area contributed by atoms with Crippen LogP contribution in [0.1, 0.15) is 35.3 Å². The topological polar surface area (TPSA) is 102 Å². The van der Waals surface area contributed by atoms with E-state index in [0.717, 1.165) is 16.0 Å². The van der Waals surface area contributed by atoms with Crippen molar-refractivity contribution < 1.29 is 28.3 Å². The minimum absolute atomic E-state index is 0.151. The highest BCUT2D eigenvalue weighted by molar-refractivity contribution is 6.23. The number of imide groups is 1. The van der Waals surface area contributed by atoms with Gasteiger partial charge in [-0.1, -0.05) is 42.5 Å². The molecule has 0 radical (unpaired) electrons. The average molecular weight is 576 g/mol. The van der Waals surface area contributed by atoms with Gasteiger partial charge < -0.3 is 18.8 Å². The molecule has 1 aliphatic heterocycles. The maximum Gasteiger partial charge on any atom is 0.257 e. The lowest BCUT2D eigenvalue weighted by atomic mass is 10.0. The molecule has 1 aromatic heterocycles. The normalized spacial score (nSPS) is 15.5. The van der Waals surface area contributed by atoms with Crippen LogP contribution in [0.15, 0.2) is 101 Å². The molecular formula is C34H29N3O6. The molecule has 9 heteroatoms. The van der Waals surface area contributed by atoms with Gasteiger partial charge in [0.1, 0.15) is 11.6 Å². The Bertz CT molecular complexity index is 1780. The molecule has 0 spiro atoms. The number of nitrogens with zero attached hydrogens (tertiary/aromatic N) is 3. The Kier molecular flexibility index (Phi) is 7.38. The molecular weight excluding hydrogens is 546 g/mol. The van der Waals surface area contributed by atoms with Gasteiger partial charge in [-0.2, -0.15) is 0 Å². The van der Waals surface area contributed by atoms with Gasteiger partial charge >= 0.3 is 0 Å². The Morgan fingerprint density at radius 2 is 1.60 bits per heavy atom. The Balaban J connectivity index is 1.32. The molecule has 6 rings (SSSR count). The van der Waals surface area contributed by atoms with Crippen molar-refractivity contribution in [2.75, 3.05) is 19.1 Å². The monoisotopic (exact) mass is 575 g/mol. The Morgan fingerprint density at radius 1 is 0.907 bits per heavy atom. The lowest BCUT2D eigenvalue weighted by molar-refractivity contribution is -0.122. The SMILES string of the molecule is COc1ccc(C(=O)N(C2CC(=O)N(c3ccc(-c4nc5ccccc5o4)cc3)C2=O)C(C)c2ccccc2)cc1OC. The maximum atomic E-state index is 14.1. The minimum Gasteiger partial charge on any atom is -0.493 e. The quantitative estimate of drug-likeness (QED) is 0.208. The van der Waals surface area contributed by atoms with Crippen LogP contribution in [0.2, 0.25) is 0 Å². The van der Waals surface area contributed by atoms with Crippen LogP contribution in [0.5, 0.6) is 11.5 Å². The smallest absolute Gasteiger partial charge is 0.257 e. The van der Waals surface area contributed by atoms with Crippen molar-refractivity contribution in [3.05, 3.63) is 108 Å². The lowest BCUT2D eigenvalue weighted by Crippen LogP contribution is -2.46. The largest absolute Gasteiger partial charge is 0.493 e. The summed E-state index contributed by atoms with van der Waals surface area (Å²) in [6.07, 6.45) is -0.151. The first-order chi connectivity index (χ1) is 20.9. The number of oxazole rings is 1. The number of benzene rings is 4. The number of methoxy groups -OCH3 is 2. The second kappa shape index (κ2) is 11.4. The fraction of sp³-hybridized carbons (Fsp3) is 0.176. The molecule has 1 aliphatic rings. The molecule has 0 saturated carbocycles. The number of rotatable bonds is 8. The summed E-state index contributed by atoms with van der Waals surface area (Å²) >= 11 is 0. The molecule has 2 heterocycles. The summed E-state index contributed by atoms with van der Waals surface area (Å²) in [5.74, 6) is 0.0207. The van der Waals surface area contributed by atoms with Crippen LogP contribution in [0.4, 0.5) is 5.69 Å². The number of fused-ring (bicyclic) bond motifs is 1. The number of carbonyl (C=O) groups is 3. The summed E-state index contributed by atoms with van der Waals surface area (Å²) in [5.41, 5.74) is 3.66. The zero-order chi connectivity index (χ0) is 30.1. The van der Waals surface area contributed by atoms with Crippen LogP contribution >= 0.6 is 0 Å². The fourth-order valence-corrected chi connectivity index (χ4v) is 5.45. The summed E-state index contributed by atoms with van der Waals surface area (Å²) in [7, 11) is 3.00. The third-order valence-electron chi connectivity index (χ3n) is 7.69. The summed E-state index contributed by atoms with van der Waals surface area (Å²) in [5, 5.41) is 0. The predicted molar refractivity (Wildman–Crippen MR) is 161 cm³/mol. The van der Waals surface area contributed by atoms with Crippen molar-refractivity contribution in [1.82, 2.24) is 9.88 Å².